The van der Waals surface area contributed by atoms with Crippen LogP contribution in [0.3, 0.4) is 0 Å². The first kappa shape index (κ1) is 11.8. The molecule has 0 aromatic heterocycles. The van der Waals surface area contributed by atoms with Crippen molar-refractivity contribution >= 4 is 34.3 Å². The molecule has 1 aliphatic rings. The van der Waals surface area contributed by atoms with Crippen LogP contribution in [0.1, 0.15) is 26.7 Å². The third-order valence-electron chi connectivity index (χ3n) is 2.47. The van der Waals surface area contributed by atoms with Gasteiger partial charge in [-0.25, -0.2) is 0 Å². The molecule has 5 heteroatoms. The van der Waals surface area contributed by atoms with Gasteiger partial charge in [-0.2, -0.15) is 0 Å². The SMILES string of the molecule is CSC(=S)O[C@H](C)[C@@]1(C)CCC(=O)O1. The minimum Gasteiger partial charge on any atom is -0.471 e. The molecule has 1 fully saturated rings. The predicted octanol–water partition coefficient (Wildman–Crippen LogP) is 2.14. The molecule has 0 radical (unpaired) electrons. The van der Waals surface area contributed by atoms with Gasteiger partial charge in [0.25, 0.3) is 0 Å². The number of rotatable bonds is 2. The Bertz CT molecular complexity index is 254. The molecule has 1 heterocycles. The Hall–Kier alpha value is -0.290. The molecular weight excluding hydrogens is 220 g/mol. The standard InChI is InChI=1S/C9H14O3S2/c1-6(11-8(13)14-3)9(2)5-4-7(10)12-9/h6H,4-5H2,1-3H3/t6-,9-/m1/s1. The number of carbonyl (C=O) groups excluding carboxylic acids is 1. The third kappa shape index (κ3) is 2.60. The number of cyclic esters (lactones) is 1. The Morgan fingerprint density at radius 1 is 1.79 bits per heavy atom. The van der Waals surface area contributed by atoms with Crippen LogP contribution in [0.4, 0.5) is 0 Å². The van der Waals surface area contributed by atoms with Crippen molar-refractivity contribution in [2.75, 3.05) is 6.26 Å². The van der Waals surface area contributed by atoms with Crippen LogP contribution in [-0.4, -0.2) is 28.3 Å². The normalized spacial score (nSPS) is 28.4. The van der Waals surface area contributed by atoms with E-state index in [0.29, 0.717) is 17.2 Å². The lowest BCUT2D eigenvalue weighted by Gasteiger charge is -2.29. The van der Waals surface area contributed by atoms with E-state index >= 15 is 0 Å². The second kappa shape index (κ2) is 4.49. The topological polar surface area (TPSA) is 35.5 Å². The van der Waals surface area contributed by atoms with Gasteiger partial charge in [0.15, 0.2) is 0 Å². The van der Waals surface area contributed by atoms with Gasteiger partial charge in [-0.1, -0.05) is 11.8 Å². The summed E-state index contributed by atoms with van der Waals surface area (Å²) in [7, 11) is 0. The van der Waals surface area contributed by atoms with Crippen LogP contribution in [0.5, 0.6) is 0 Å². The fourth-order valence-corrected chi connectivity index (χ4v) is 1.70. The first-order valence-corrected chi connectivity index (χ1v) is 6.07. The Balaban J connectivity index is 2.55. The minimum absolute atomic E-state index is 0.155. The highest BCUT2D eigenvalue weighted by atomic mass is 32.2. The highest BCUT2D eigenvalue weighted by molar-refractivity contribution is 8.22. The number of thiocarbonyl (C=S) groups is 1. The number of thioether (sulfide) groups is 1. The fraction of sp³-hybridized carbons (Fsp3) is 0.778. The van der Waals surface area contributed by atoms with Crippen molar-refractivity contribution in [2.45, 2.75) is 38.4 Å². The Kier molecular flexibility index (Phi) is 3.78. The van der Waals surface area contributed by atoms with Crippen molar-refractivity contribution in [3.63, 3.8) is 0 Å². The lowest BCUT2D eigenvalue weighted by molar-refractivity contribution is -0.153. The van der Waals surface area contributed by atoms with Gasteiger partial charge in [-0.15, -0.1) is 0 Å². The molecule has 1 saturated heterocycles. The van der Waals surface area contributed by atoms with Gasteiger partial charge < -0.3 is 9.47 Å². The molecule has 14 heavy (non-hydrogen) atoms. The summed E-state index contributed by atoms with van der Waals surface area (Å²) in [5, 5.41) is 0. The molecule has 3 nitrogen and oxygen atoms in total. The molecule has 1 aliphatic heterocycles. The average Bonchev–Trinajstić information content (AvgIpc) is 2.47. The number of carbonyl (C=O) groups is 1. The highest BCUT2D eigenvalue weighted by Crippen LogP contribution is 2.31. The lowest BCUT2D eigenvalue weighted by Crippen LogP contribution is -2.39. The summed E-state index contributed by atoms with van der Waals surface area (Å²) < 4.78 is 11.2. The van der Waals surface area contributed by atoms with E-state index in [2.05, 4.69) is 0 Å². The molecule has 0 bridgehead atoms. The van der Waals surface area contributed by atoms with E-state index < -0.39 is 5.60 Å². The summed E-state index contributed by atoms with van der Waals surface area (Å²) in [4.78, 5) is 11.0. The second-order valence-electron chi connectivity index (χ2n) is 3.50. The molecule has 0 aromatic carbocycles. The van der Waals surface area contributed by atoms with Crippen molar-refractivity contribution in [3.05, 3.63) is 0 Å². The molecule has 0 unspecified atom stereocenters. The van der Waals surface area contributed by atoms with Crippen LogP contribution >= 0.6 is 24.0 Å². The van der Waals surface area contributed by atoms with Crippen LogP contribution in [0, 0.1) is 0 Å². The fourth-order valence-electron chi connectivity index (χ4n) is 1.32. The number of hydrogen-bond acceptors (Lipinski definition) is 5. The van der Waals surface area contributed by atoms with Gasteiger partial charge in [0.2, 0.25) is 4.38 Å². The largest absolute Gasteiger partial charge is 0.471 e. The molecule has 0 aromatic rings. The van der Waals surface area contributed by atoms with Crippen LogP contribution in [0.25, 0.3) is 0 Å². The van der Waals surface area contributed by atoms with Gasteiger partial charge >= 0.3 is 5.97 Å². The van der Waals surface area contributed by atoms with Gasteiger partial charge in [0.1, 0.15) is 11.7 Å². The van der Waals surface area contributed by atoms with Gasteiger partial charge in [0.05, 0.1) is 0 Å². The lowest BCUT2D eigenvalue weighted by atomic mass is 9.97. The molecule has 2 atom stereocenters. The summed E-state index contributed by atoms with van der Waals surface area (Å²) >= 11 is 6.33. The maximum Gasteiger partial charge on any atom is 0.306 e. The first-order chi connectivity index (χ1) is 6.48. The zero-order valence-electron chi connectivity index (χ0n) is 8.53. The summed E-state index contributed by atoms with van der Waals surface area (Å²) in [6.45, 7) is 3.76. The van der Waals surface area contributed by atoms with Crippen LogP contribution < -0.4 is 0 Å². The first-order valence-electron chi connectivity index (χ1n) is 4.44. The van der Waals surface area contributed by atoms with Crippen molar-refractivity contribution in [1.82, 2.24) is 0 Å². The van der Waals surface area contributed by atoms with Crippen molar-refractivity contribution in [3.8, 4) is 0 Å². The van der Waals surface area contributed by atoms with Crippen LogP contribution in [-0.2, 0) is 14.3 Å². The summed E-state index contributed by atoms with van der Waals surface area (Å²) in [5.74, 6) is -0.155. The van der Waals surface area contributed by atoms with E-state index in [9.17, 15) is 4.79 Å². The molecule has 0 aliphatic carbocycles. The molecular formula is C9H14O3S2. The highest BCUT2D eigenvalue weighted by Gasteiger charge is 2.42. The van der Waals surface area contributed by atoms with Gasteiger partial charge in [0, 0.05) is 12.8 Å². The predicted molar refractivity (Wildman–Crippen MR) is 60.4 cm³/mol. The van der Waals surface area contributed by atoms with Crippen LogP contribution in [0.2, 0.25) is 0 Å². The molecule has 0 saturated carbocycles. The maximum atomic E-state index is 11.0. The zero-order chi connectivity index (χ0) is 10.8. The molecule has 0 spiro atoms. The van der Waals surface area contributed by atoms with Crippen LogP contribution in [0.15, 0.2) is 0 Å². The summed E-state index contributed by atoms with van der Waals surface area (Å²) in [6, 6.07) is 0. The smallest absolute Gasteiger partial charge is 0.306 e. The zero-order valence-corrected chi connectivity index (χ0v) is 10.2. The Morgan fingerprint density at radius 2 is 2.43 bits per heavy atom. The minimum atomic E-state index is -0.517. The number of ether oxygens (including phenoxy) is 2. The molecule has 0 amide bonds. The molecule has 1 rings (SSSR count). The van der Waals surface area contributed by atoms with E-state index in [1.54, 1.807) is 0 Å². The quantitative estimate of drug-likeness (QED) is 0.540. The van der Waals surface area contributed by atoms with E-state index in [1.807, 2.05) is 20.1 Å². The van der Waals surface area contributed by atoms with Gasteiger partial charge in [-0.3, -0.25) is 4.79 Å². The van der Waals surface area contributed by atoms with E-state index in [1.165, 1.54) is 11.8 Å². The monoisotopic (exact) mass is 234 g/mol. The van der Waals surface area contributed by atoms with Crippen molar-refractivity contribution in [2.24, 2.45) is 0 Å². The maximum absolute atomic E-state index is 11.0. The summed E-state index contributed by atoms with van der Waals surface area (Å²) in [6.07, 6.45) is 2.84. The van der Waals surface area contributed by atoms with Crippen molar-refractivity contribution < 1.29 is 14.3 Å². The third-order valence-corrected chi connectivity index (χ3v) is 3.50. The number of esters is 1. The second-order valence-corrected chi connectivity index (χ2v) is 4.91. The van der Waals surface area contributed by atoms with E-state index in [4.69, 9.17) is 21.7 Å². The summed E-state index contributed by atoms with van der Waals surface area (Å²) in [5.41, 5.74) is -0.517. The average molecular weight is 234 g/mol. The Labute approximate surface area is 93.5 Å². The van der Waals surface area contributed by atoms with Gasteiger partial charge in [-0.05, 0) is 32.3 Å². The molecule has 80 valence electrons. The van der Waals surface area contributed by atoms with E-state index in [0.717, 1.165) is 0 Å². The van der Waals surface area contributed by atoms with Crippen molar-refractivity contribution in [1.29, 1.82) is 0 Å². The number of hydrogen-bond donors (Lipinski definition) is 0. The van der Waals surface area contributed by atoms with E-state index in [-0.39, 0.29) is 12.1 Å². The molecule has 0 N–H and O–H groups in total. The Morgan fingerprint density at radius 3 is 2.86 bits per heavy atom.